The molecule has 0 fully saturated rings. The van der Waals surface area contributed by atoms with Crippen LogP contribution in [0, 0.1) is 0 Å². The second-order valence-electron chi connectivity index (χ2n) is 6.18. The molecule has 0 aliphatic heterocycles. The van der Waals surface area contributed by atoms with E-state index in [4.69, 9.17) is 4.74 Å². The minimum Gasteiger partial charge on any atom is -0.494 e. The molecule has 2 aromatic carbocycles. The first kappa shape index (κ1) is 17.0. The first-order valence-corrected chi connectivity index (χ1v) is 8.82. The summed E-state index contributed by atoms with van der Waals surface area (Å²) in [4.78, 5) is 22.3. The van der Waals surface area contributed by atoms with E-state index < -0.39 is 0 Å². The number of nitrogens with zero attached hydrogens (tertiary/aromatic N) is 3. The Hall–Kier alpha value is -3.47. The van der Waals surface area contributed by atoms with E-state index in [9.17, 15) is 4.79 Å². The number of para-hydroxylation sites is 1. The lowest BCUT2D eigenvalue weighted by atomic mass is 10.0. The largest absolute Gasteiger partial charge is 0.494 e. The van der Waals surface area contributed by atoms with E-state index in [0.29, 0.717) is 22.5 Å². The van der Waals surface area contributed by atoms with E-state index in [-0.39, 0.29) is 5.56 Å². The topological polar surface area (TPSA) is 57.0 Å². The molecule has 4 aromatic rings. The van der Waals surface area contributed by atoms with Gasteiger partial charge in [-0.25, -0.2) is 9.97 Å². The molecule has 5 heteroatoms. The second kappa shape index (κ2) is 7.03. The van der Waals surface area contributed by atoms with Crippen molar-refractivity contribution in [3.05, 3.63) is 83.0 Å². The molecule has 4 rings (SSSR count). The fourth-order valence-corrected chi connectivity index (χ4v) is 3.28. The highest BCUT2D eigenvalue weighted by Gasteiger charge is 2.15. The number of methoxy groups -OCH3 is 1. The molecule has 0 radical (unpaired) electrons. The maximum Gasteiger partial charge on any atom is 0.263 e. The number of hydrogen-bond acceptors (Lipinski definition) is 4. The number of benzene rings is 2. The third kappa shape index (κ3) is 2.97. The highest BCUT2D eigenvalue weighted by molar-refractivity contribution is 5.94. The minimum atomic E-state index is -0.0643. The zero-order valence-corrected chi connectivity index (χ0v) is 15.2. The zero-order chi connectivity index (χ0) is 18.8. The molecule has 0 bridgehead atoms. The normalized spacial score (nSPS) is 10.9. The van der Waals surface area contributed by atoms with Gasteiger partial charge in [0.1, 0.15) is 0 Å². The maximum absolute atomic E-state index is 13.5. The Morgan fingerprint density at radius 2 is 1.74 bits per heavy atom. The van der Waals surface area contributed by atoms with Gasteiger partial charge in [0, 0.05) is 16.9 Å². The van der Waals surface area contributed by atoms with Crippen LogP contribution in [0.15, 0.2) is 71.8 Å². The van der Waals surface area contributed by atoms with Crippen LogP contribution in [0.5, 0.6) is 5.75 Å². The molecule has 0 aliphatic carbocycles. The summed E-state index contributed by atoms with van der Waals surface area (Å²) >= 11 is 0. The highest BCUT2D eigenvalue weighted by Crippen LogP contribution is 2.26. The van der Waals surface area contributed by atoms with Crippen molar-refractivity contribution in [1.29, 1.82) is 0 Å². The molecule has 0 saturated carbocycles. The standard InChI is InChI=1S/C22H19N3O2/c1-3-16-12-15-8-7-11-19(21-23-13-18(27-2)14-24-21)20(15)22(26)25(16)17-9-5-4-6-10-17/h4-14H,3H2,1-2H3. The van der Waals surface area contributed by atoms with Crippen LogP contribution in [0.25, 0.3) is 27.8 Å². The Labute approximate surface area is 156 Å². The molecule has 0 N–H and O–H groups in total. The smallest absolute Gasteiger partial charge is 0.263 e. The van der Waals surface area contributed by atoms with Gasteiger partial charge in [0.15, 0.2) is 11.6 Å². The second-order valence-corrected chi connectivity index (χ2v) is 6.18. The minimum absolute atomic E-state index is 0.0643. The average Bonchev–Trinajstić information content (AvgIpc) is 2.73. The van der Waals surface area contributed by atoms with Gasteiger partial charge in [-0.1, -0.05) is 43.3 Å². The average molecular weight is 357 g/mol. The van der Waals surface area contributed by atoms with Gasteiger partial charge < -0.3 is 4.74 Å². The van der Waals surface area contributed by atoms with Crippen LogP contribution < -0.4 is 10.3 Å². The summed E-state index contributed by atoms with van der Waals surface area (Å²) in [6.45, 7) is 2.05. The van der Waals surface area contributed by atoms with Crippen molar-refractivity contribution in [1.82, 2.24) is 14.5 Å². The van der Waals surface area contributed by atoms with Crippen LogP contribution in [-0.2, 0) is 6.42 Å². The van der Waals surface area contributed by atoms with Crippen molar-refractivity contribution in [2.24, 2.45) is 0 Å². The predicted molar refractivity (Wildman–Crippen MR) is 107 cm³/mol. The summed E-state index contributed by atoms with van der Waals surface area (Å²) in [5.74, 6) is 1.08. The summed E-state index contributed by atoms with van der Waals surface area (Å²) in [6, 6.07) is 17.5. The van der Waals surface area contributed by atoms with Gasteiger partial charge in [-0.2, -0.15) is 0 Å². The zero-order valence-electron chi connectivity index (χ0n) is 15.2. The SMILES string of the molecule is CCc1cc2cccc(-c3ncc(OC)cn3)c2c(=O)n1-c1ccccc1. The Morgan fingerprint density at radius 3 is 2.41 bits per heavy atom. The van der Waals surface area contributed by atoms with Crippen molar-refractivity contribution >= 4 is 10.8 Å². The van der Waals surface area contributed by atoms with Crippen molar-refractivity contribution in [2.45, 2.75) is 13.3 Å². The molecule has 5 nitrogen and oxygen atoms in total. The molecule has 0 spiro atoms. The Morgan fingerprint density at radius 1 is 1.00 bits per heavy atom. The molecule has 2 aromatic heterocycles. The van der Waals surface area contributed by atoms with Crippen molar-refractivity contribution < 1.29 is 4.74 Å². The van der Waals surface area contributed by atoms with Crippen molar-refractivity contribution in [3.8, 4) is 22.8 Å². The molecule has 0 amide bonds. The van der Waals surface area contributed by atoms with Gasteiger partial charge in [-0.05, 0) is 30.0 Å². The molecular weight excluding hydrogens is 338 g/mol. The van der Waals surface area contributed by atoms with E-state index in [0.717, 1.165) is 23.2 Å². The van der Waals surface area contributed by atoms with Gasteiger partial charge in [0.2, 0.25) is 0 Å². The van der Waals surface area contributed by atoms with E-state index in [1.165, 1.54) is 0 Å². The van der Waals surface area contributed by atoms with Crippen LogP contribution in [0.1, 0.15) is 12.6 Å². The van der Waals surface area contributed by atoms with Gasteiger partial charge >= 0.3 is 0 Å². The third-order valence-electron chi connectivity index (χ3n) is 4.60. The molecular formula is C22H19N3O2. The monoisotopic (exact) mass is 357 g/mol. The summed E-state index contributed by atoms with van der Waals surface area (Å²) in [7, 11) is 1.57. The van der Waals surface area contributed by atoms with Crippen LogP contribution in [0.4, 0.5) is 0 Å². The lowest BCUT2D eigenvalue weighted by molar-refractivity contribution is 0.411. The van der Waals surface area contributed by atoms with Gasteiger partial charge in [0.25, 0.3) is 5.56 Å². The van der Waals surface area contributed by atoms with E-state index >= 15 is 0 Å². The number of aromatic nitrogens is 3. The number of pyridine rings is 1. The third-order valence-corrected chi connectivity index (χ3v) is 4.60. The summed E-state index contributed by atoms with van der Waals surface area (Å²) in [5.41, 5.74) is 2.47. The first-order chi connectivity index (χ1) is 13.2. The first-order valence-electron chi connectivity index (χ1n) is 8.82. The molecule has 0 atom stereocenters. The predicted octanol–water partition coefficient (Wildman–Crippen LogP) is 4.02. The van der Waals surface area contributed by atoms with Crippen LogP contribution in [-0.4, -0.2) is 21.6 Å². The number of fused-ring (bicyclic) bond motifs is 1. The Bertz CT molecular complexity index is 1150. The van der Waals surface area contributed by atoms with Crippen LogP contribution in [0.2, 0.25) is 0 Å². The summed E-state index contributed by atoms with van der Waals surface area (Å²) in [6.07, 6.45) is 3.97. The number of hydrogen-bond donors (Lipinski definition) is 0. The number of ether oxygens (including phenoxy) is 1. The number of rotatable bonds is 4. The molecule has 27 heavy (non-hydrogen) atoms. The fraction of sp³-hybridized carbons (Fsp3) is 0.136. The Kier molecular flexibility index (Phi) is 4.42. The van der Waals surface area contributed by atoms with Gasteiger partial charge in [-0.3, -0.25) is 9.36 Å². The van der Waals surface area contributed by atoms with Crippen molar-refractivity contribution in [2.75, 3.05) is 7.11 Å². The highest BCUT2D eigenvalue weighted by atomic mass is 16.5. The molecule has 134 valence electrons. The van der Waals surface area contributed by atoms with Gasteiger partial charge in [-0.15, -0.1) is 0 Å². The van der Waals surface area contributed by atoms with Gasteiger partial charge in [0.05, 0.1) is 24.9 Å². The van der Waals surface area contributed by atoms with Crippen LogP contribution >= 0.6 is 0 Å². The van der Waals surface area contributed by atoms with E-state index in [2.05, 4.69) is 23.0 Å². The molecule has 2 heterocycles. The molecule has 0 aliphatic rings. The lowest BCUT2D eigenvalue weighted by Crippen LogP contribution is -2.22. The van der Waals surface area contributed by atoms with E-state index in [1.54, 1.807) is 24.1 Å². The maximum atomic E-state index is 13.5. The van der Waals surface area contributed by atoms with Crippen molar-refractivity contribution in [3.63, 3.8) is 0 Å². The quantitative estimate of drug-likeness (QED) is 0.553. The van der Waals surface area contributed by atoms with E-state index in [1.807, 2.05) is 48.5 Å². The lowest BCUT2D eigenvalue weighted by Gasteiger charge is -2.15. The Balaban J connectivity index is 2.03. The molecule has 0 saturated heterocycles. The van der Waals surface area contributed by atoms with Crippen LogP contribution in [0.3, 0.4) is 0 Å². The molecule has 0 unspecified atom stereocenters. The summed E-state index contributed by atoms with van der Waals surface area (Å²) in [5, 5.41) is 1.50. The number of aryl methyl sites for hydroxylation is 1. The fourth-order valence-electron chi connectivity index (χ4n) is 3.28. The summed E-state index contributed by atoms with van der Waals surface area (Å²) < 4.78 is 6.91.